The molecular weight excluding hydrogens is 293 g/mol. The molecule has 0 aliphatic heterocycles. The normalized spacial score (nSPS) is 11.9. The highest BCUT2D eigenvalue weighted by atomic mass is 32.2. The summed E-state index contributed by atoms with van der Waals surface area (Å²) in [5.74, 6) is -1.23. The van der Waals surface area contributed by atoms with Gasteiger partial charge in [0.2, 0.25) is 5.91 Å². The van der Waals surface area contributed by atoms with Gasteiger partial charge in [-0.2, -0.15) is 0 Å². The Morgan fingerprint density at radius 1 is 1.38 bits per heavy atom. The average molecular weight is 313 g/mol. The van der Waals surface area contributed by atoms with Crippen LogP contribution in [0.4, 0.5) is 4.39 Å². The highest BCUT2D eigenvalue weighted by molar-refractivity contribution is 7.99. The summed E-state index contributed by atoms with van der Waals surface area (Å²) in [4.78, 5) is 23.2. The van der Waals surface area contributed by atoms with Crippen LogP contribution in [0.2, 0.25) is 0 Å². The number of rotatable bonds is 9. The van der Waals surface area contributed by atoms with Crippen LogP contribution in [0.3, 0.4) is 0 Å². The molecule has 0 saturated carbocycles. The summed E-state index contributed by atoms with van der Waals surface area (Å²) >= 11 is 1.25. The number of carboxylic acid groups (broad SMARTS) is 1. The second-order valence-electron chi connectivity index (χ2n) is 4.63. The number of thioether (sulfide) groups is 1. The molecule has 116 valence electrons. The highest BCUT2D eigenvalue weighted by Crippen LogP contribution is 2.21. The summed E-state index contributed by atoms with van der Waals surface area (Å²) in [6, 6.07) is 5.52. The van der Waals surface area contributed by atoms with Gasteiger partial charge in [-0.25, -0.2) is 9.18 Å². The number of amides is 1. The molecule has 1 amide bonds. The quantitative estimate of drug-likeness (QED) is 0.688. The Bertz CT molecular complexity index is 482. The monoisotopic (exact) mass is 313 g/mol. The largest absolute Gasteiger partial charge is 0.480 e. The topological polar surface area (TPSA) is 66.4 Å². The van der Waals surface area contributed by atoms with E-state index in [0.717, 1.165) is 12.8 Å². The van der Waals surface area contributed by atoms with Crippen LogP contribution in [0.15, 0.2) is 29.2 Å². The van der Waals surface area contributed by atoms with Gasteiger partial charge in [0, 0.05) is 17.1 Å². The Morgan fingerprint density at radius 3 is 2.71 bits per heavy atom. The minimum atomic E-state index is -1.02. The maximum absolute atomic E-state index is 13.4. The van der Waals surface area contributed by atoms with Gasteiger partial charge in [-0.15, -0.1) is 11.8 Å². The number of halogens is 1. The average Bonchev–Trinajstić information content (AvgIpc) is 2.45. The second-order valence-corrected chi connectivity index (χ2v) is 5.77. The van der Waals surface area contributed by atoms with Crippen molar-refractivity contribution in [2.45, 2.75) is 43.5 Å². The molecule has 0 bridgehead atoms. The molecule has 4 nitrogen and oxygen atoms in total. The summed E-state index contributed by atoms with van der Waals surface area (Å²) in [6.45, 7) is 1.96. The molecule has 0 fully saturated rings. The number of nitrogens with one attached hydrogen (secondary N) is 1. The molecule has 1 unspecified atom stereocenters. The Balaban J connectivity index is 2.36. The lowest BCUT2D eigenvalue weighted by atomic mass is 10.1. The molecule has 0 spiro atoms. The molecule has 1 rings (SSSR count). The van der Waals surface area contributed by atoms with E-state index in [-0.39, 0.29) is 18.1 Å². The van der Waals surface area contributed by atoms with E-state index in [1.165, 1.54) is 17.8 Å². The third-order valence-corrected chi connectivity index (χ3v) is 3.95. The molecule has 1 atom stereocenters. The van der Waals surface area contributed by atoms with Crippen molar-refractivity contribution >= 4 is 23.6 Å². The predicted molar refractivity (Wildman–Crippen MR) is 80.8 cm³/mol. The summed E-state index contributed by atoms with van der Waals surface area (Å²) < 4.78 is 13.4. The third kappa shape index (κ3) is 6.62. The van der Waals surface area contributed by atoms with Crippen LogP contribution in [0.5, 0.6) is 0 Å². The van der Waals surface area contributed by atoms with E-state index in [4.69, 9.17) is 5.11 Å². The van der Waals surface area contributed by atoms with E-state index >= 15 is 0 Å². The van der Waals surface area contributed by atoms with Crippen molar-refractivity contribution in [1.29, 1.82) is 0 Å². The van der Waals surface area contributed by atoms with Gasteiger partial charge in [0.25, 0.3) is 0 Å². The van der Waals surface area contributed by atoms with Crippen molar-refractivity contribution in [1.82, 2.24) is 5.32 Å². The molecule has 0 saturated heterocycles. The lowest BCUT2D eigenvalue weighted by Crippen LogP contribution is -2.40. The lowest BCUT2D eigenvalue weighted by Gasteiger charge is -2.13. The third-order valence-electron chi connectivity index (χ3n) is 2.90. The minimum absolute atomic E-state index is 0.162. The van der Waals surface area contributed by atoms with Gasteiger partial charge in [0.05, 0.1) is 0 Å². The van der Waals surface area contributed by atoms with E-state index < -0.39 is 12.0 Å². The van der Waals surface area contributed by atoms with Crippen molar-refractivity contribution in [2.75, 3.05) is 5.75 Å². The Hall–Kier alpha value is -1.56. The summed E-state index contributed by atoms with van der Waals surface area (Å²) in [5.41, 5.74) is 0. The smallest absolute Gasteiger partial charge is 0.326 e. The number of hydrogen-bond acceptors (Lipinski definition) is 3. The summed E-state index contributed by atoms with van der Waals surface area (Å²) in [7, 11) is 0. The number of benzene rings is 1. The SMILES string of the molecule is CCCCC(NC(=O)CCSc1ccccc1F)C(=O)O. The van der Waals surface area contributed by atoms with E-state index in [2.05, 4.69) is 5.32 Å². The molecule has 0 heterocycles. The number of hydrogen-bond donors (Lipinski definition) is 2. The van der Waals surface area contributed by atoms with Gasteiger partial charge < -0.3 is 10.4 Å². The van der Waals surface area contributed by atoms with Gasteiger partial charge >= 0.3 is 5.97 Å². The minimum Gasteiger partial charge on any atom is -0.480 e. The number of carbonyl (C=O) groups is 2. The van der Waals surface area contributed by atoms with Crippen LogP contribution in [0.1, 0.15) is 32.6 Å². The van der Waals surface area contributed by atoms with Crippen LogP contribution in [-0.4, -0.2) is 28.8 Å². The fourth-order valence-corrected chi connectivity index (χ4v) is 2.64. The molecule has 0 radical (unpaired) electrons. The van der Waals surface area contributed by atoms with Crippen LogP contribution in [0, 0.1) is 5.82 Å². The fourth-order valence-electron chi connectivity index (χ4n) is 1.75. The van der Waals surface area contributed by atoms with Crippen molar-refractivity contribution in [3.63, 3.8) is 0 Å². The zero-order valence-corrected chi connectivity index (χ0v) is 12.8. The molecule has 0 aliphatic rings. The lowest BCUT2D eigenvalue weighted by molar-refractivity contribution is -0.142. The van der Waals surface area contributed by atoms with Gasteiger partial charge in [-0.1, -0.05) is 31.9 Å². The van der Waals surface area contributed by atoms with Crippen LogP contribution >= 0.6 is 11.8 Å². The molecule has 1 aromatic carbocycles. The van der Waals surface area contributed by atoms with Crippen molar-refractivity contribution in [2.24, 2.45) is 0 Å². The Morgan fingerprint density at radius 2 is 2.10 bits per heavy atom. The van der Waals surface area contributed by atoms with Crippen molar-refractivity contribution in [3.8, 4) is 0 Å². The van der Waals surface area contributed by atoms with E-state index in [1.807, 2.05) is 6.92 Å². The first-order chi connectivity index (χ1) is 10.0. The number of carbonyl (C=O) groups excluding carboxylic acids is 1. The summed E-state index contributed by atoms with van der Waals surface area (Å²) in [5, 5.41) is 11.5. The molecular formula is C15H20FNO3S. The number of unbranched alkanes of at least 4 members (excludes halogenated alkanes) is 1. The highest BCUT2D eigenvalue weighted by Gasteiger charge is 2.18. The first-order valence-electron chi connectivity index (χ1n) is 6.94. The molecule has 21 heavy (non-hydrogen) atoms. The van der Waals surface area contributed by atoms with Crippen molar-refractivity contribution < 1.29 is 19.1 Å². The number of aliphatic carboxylic acids is 1. The first kappa shape index (κ1) is 17.5. The summed E-state index contributed by atoms with van der Waals surface area (Å²) in [6.07, 6.45) is 2.22. The van der Waals surface area contributed by atoms with Crippen LogP contribution < -0.4 is 5.32 Å². The van der Waals surface area contributed by atoms with E-state index in [1.54, 1.807) is 18.2 Å². The van der Waals surface area contributed by atoms with Crippen LogP contribution in [0.25, 0.3) is 0 Å². The first-order valence-corrected chi connectivity index (χ1v) is 7.92. The maximum atomic E-state index is 13.4. The second kappa shape index (κ2) is 9.39. The Kier molecular flexibility index (Phi) is 7.82. The van der Waals surface area contributed by atoms with Crippen LogP contribution in [-0.2, 0) is 9.59 Å². The molecule has 6 heteroatoms. The van der Waals surface area contributed by atoms with Crippen molar-refractivity contribution in [3.05, 3.63) is 30.1 Å². The van der Waals surface area contributed by atoms with E-state index in [0.29, 0.717) is 17.1 Å². The van der Waals surface area contributed by atoms with Gasteiger partial charge in [-0.05, 0) is 18.6 Å². The maximum Gasteiger partial charge on any atom is 0.326 e. The Labute approximate surface area is 128 Å². The zero-order chi connectivity index (χ0) is 15.7. The standard InChI is InChI=1S/C15H20FNO3S/c1-2-3-7-12(15(19)20)17-14(18)9-10-21-13-8-5-4-6-11(13)16/h4-6,8,12H,2-3,7,9-10H2,1H3,(H,17,18)(H,19,20). The molecule has 0 aliphatic carbocycles. The van der Waals surface area contributed by atoms with E-state index in [9.17, 15) is 14.0 Å². The number of carboxylic acids is 1. The fraction of sp³-hybridized carbons (Fsp3) is 0.467. The van der Waals surface area contributed by atoms with Gasteiger partial charge in [0.15, 0.2) is 0 Å². The predicted octanol–water partition coefficient (Wildman–Crippen LogP) is 3.07. The molecule has 2 N–H and O–H groups in total. The van der Waals surface area contributed by atoms with Gasteiger partial charge in [-0.3, -0.25) is 4.79 Å². The van der Waals surface area contributed by atoms with Gasteiger partial charge in [0.1, 0.15) is 11.9 Å². The zero-order valence-electron chi connectivity index (χ0n) is 12.0. The molecule has 0 aromatic heterocycles. The molecule has 1 aromatic rings.